The highest BCUT2D eigenvalue weighted by Gasteiger charge is 2.23. The summed E-state index contributed by atoms with van der Waals surface area (Å²) < 4.78 is 5.54. The third kappa shape index (κ3) is 6.05. The van der Waals surface area contributed by atoms with Crippen LogP contribution in [0.25, 0.3) is 0 Å². The maximum atomic E-state index is 12.6. The Morgan fingerprint density at radius 2 is 1.76 bits per heavy atom. The van der Waals surface area contributed by atoms with Crippen LogP contribution in [0.2, 0.25) is 0 Å². The molecule has 2 amide bonds. The van der Waals surface area contributed by atoms with Crippen molar-refractivity contribution in [1.29, 1.82) is 0 Å². The van der Waals surface area contributed by atoms with Crippen LogP contribution in [0.15, 0.2) is 24.3 Å². The Labute approximate surface area is 150 Å². The Bertz CT molecular complexity index is 564. The third-order valence-electron chi connectivity index (χ3n) is 4.05. The Balaban J connectivity index is 1.81. The summed E-state index contributed by atoms with van der Waals surface area (Å²) >= 11 is 0. The molecule has 2 rings (SSSR count). The second-order valence-electron chi connectivity index (χ2n) is 6.66. The highest BCUT2D eigenvalue weighted by molar-refractivity contribution is 5.94. The van der Waals surface area contributed by atoms with Gasteiger partial charge in [-0.1, -0.05) is 6.92 Å². The Kier molecular flexibility index (Phi) is 7.25. The normalized spacial score (nSPS) is 15.3. The molecule has 0 saturated carbocycles. The highest BCUT2D eigenvalue weighted by Crippen LogP contribution is 2.15. The van der Waals surface area contributed by atoms with E-state index in [-0.39, 0.29) is 17.9 Å². The quantitative estimate of drug-likeness (QED) is 0.816. The molecule has 0 aliphatic carbocycles. The molecule has 0 atom stereocenters. The number of amides is 2. The summed E-state index contributed by atoms with van der Waals surface area (Å²) in [6.45, 7) is 9.75. The molecule has 6 heteroatoms. The average molecular weight is 347 g/mol. The van der Waals surface area contributed by atoms with Crippen molar-refractivity contribution in [3.8, 4) is 5.75 Å². The van der Waals surface area contributed by atoms with Crippen molar-refractivity contribution in [1.82, 2.24) is 15.1 Å². The molecular formula is C19H29N3O3. The van der Waals surface area contributed by atoms with Crippen molar-refractivity contribution in [3.63, 3.8) is 0 Å². The zero-order valence-corrected chi connectivity index (χ0v) is 15.5. The predicted octanol–water partition coefficient (Wildman–Crippen LogP) is 1.76. The van der Waals surface area contributed by atoms with Crippen molar-refractivity contribution in [2.24, 2.45) is 0 Å². The number of ether oxygens (including phenoxy) is 1. The molecule has 0 radical (unpaired) electrons. The molecule has 1 aliphatic heterocycles. The second kappa shape index (κ2) is 9.42. The van der Waals surface area contributed by atoms with Crippen molar-refractivity contribution >= 4 is 11.8 Å². The van der Waals surface area contributed by atoms with Crippen LogP contribution in [0.3, 0.4) is 0 Å². The van der Waals surface area contributed by atoms with Gasteiger partial charge in [-0.05, 0) is 44.5 Å². The smallest absolute Gasteiger partial charge is 0.253 e. The first-order valence-corrected chi connectivity index (χ1v) is 9.03. The van der Waals surface area contributed by atoms with Crippen molar-refractivity contribution in [2.75, 3.05) is 39.3 Å². The number of benzene rings is 1. The lowest BCUT2D eigenvalue weighted by molar-refractivity contribution is -0.123. The lowest BCUT2D eigenvalue weighted by Gasteiger charge is -2.34. The van der Waals surface area contributed by atoms with E-state index in [1.807, 2.05) is 43.0 Å². The molecule has 6 nitrogen and oxygen atoms in total. The van der Waals surface area contributed by atoms with Crippen LogP contribution in [0.1, 0.15) is 37.6 Å². The summed E-state index contributed by atoms with van der Waals surface area (Å²) in [7, 11) is 0. The summed E-state index contributed by atoms with van der Waals surface area (Å²) in [5, 5.41) is 2.90. The predicted molar refractivity (Wildman–Crippen MR) is 97.9 cm³/mol. The SMILES string of the molecule is CCCOc1ccc(C(=O)N2CCN(CC(=O)NC(C)C)CC2)cc1. The number of nitrogens with zero attached hydrogens (tertiary/aromatic N) is 2. The zero-order chi connectivity index (χ0) is 18.2. The largest absolute Gasteiger partial charge is 0.494 e. The van der Waals surface area contributed by atoms with E-state index in [0.29, 0.717) is 31.8 Å². The van der Waals surface area contributed by atoms with Gasteiger partial charge < -0.3 is 15.0 Å². The summed E-state index contributed by atoms with van der Waals surface area (Å²) in [4.78, 5) is 28.3. The van der Waals surface area contributed by atoms with Crippen LogP contribution >= 0.6 is 0 Å². The second-order valence-corrected chi connectivity index (χ2v) is 6.66. The van der Waals surface area contributed by atoms with Crippen LogP contribution in [0.4, 0.5) is 0 Å². The summed E-state index contributed by atoms with van der Waals surface area (Å²) in [6.07, 6.45) is 0.958. The van der Waals surface area contributed by atoms with Crippen molar-refractivity contribution in [2.45, 2.75) is 33.2 Å². The molecule has 138 valence electrons. The van der Waals surface area contributed by atoms with E-state index in [1.165, 1.54) is 0 Å². The molecule has 1 N–H and O–H groups in total. The lowest BCUT2D eigenvalue weighted by atomic mass is 10.1. The van der Waals surface area contributed by atoms with E-state index in [4.69, 9.17) is 4.74 Å². The number of hydrogen-bond donors (Lipinski definition) is 1. The summed E-state index contributed by atoms with van der Waals surface area (Å²) in [5.74, 6) is 0.866. The van der Waals surface area contributed by atoms with E-state index >= 15 is 0 Å². The Morgan fingerprint density at radius 1 is 1.12 bits per heavy atom. The van der Waals surface area contributed by atoms with E-state index in [0.717, 1.165) is 25.3 Å². The van der Waals surface area contributed by atoms with Gasteiger partial charge in [-0.2, -0.15) is 0 Å². The van der Waals surface area contributed by atoms with Crippen molar-refractivity contribution in [3.05, 3.63) is 29.8 Å². The number of carbonyl (C=O) groups excluding carboxylic acids is 2. The molecular weight excluding hydrogens is 318 g/mol. The summed E-state index contributed by atoms with van der Waals surface area (Å²) in [6, 6.07) is 7.47. The number of carbonyl (C=O) groups is 2. The molecule has 1 saturated heterocycles. The first-order chi connectivity index (χ1) is 12.0. The van der Waals surface area contributed by atoms with Gasteiger partial charge in [0.2, 0.25) is 5.91 Å². The first-order valence-electron chi connectivity index (χ1n) is 9.03. The lowest BCUT2D eigenvalue weighted by Crippen LogP contribution is -2.51. The molecule has 1 heterocycles. The minimum atomic E-state index is 0.0355. The van der Waals surface area contributed by atoms with Crippen LogP contribution in [-0.2, 0) is 4.79 Å². The van der Waals surface area contributed by atoms with Gasteiger partial charge in [-0.25, -0.2) is 0 Å². The van der Waals surface area contributed by atoms with Gasteiger partial charge in [0.05, 0.1) is 13.2 Å². The fraction of sp³-hybridized carbons (Fsp3) is 0.579. The third-order valence-corrected chi connectivity index (χ3v) is 4.05. The maximum absolute atomic E-state index is 12.6. The molecule has 25 heavy (non-hydrogen) atoms. The van der Waals surface area contributed by atoms with E-state index in [2.05, 4.69) is 17.1 Å². The number of hydrogen-bond acceptors (Lipinski definition) is 4. The number of nitrogens with one attached hydrogen (secondary N) is 1. The van der Waals surface area contributed by atoms with E-state index in [1.54, 1.807) is 0 Å². The number of rotatable bonds is 7. The summed E-state index contributed by atoms with van der Waals surface area (Å²) in [5.41, 5.74) is 0.676. The highest BCUT2D eigenvalue weighted by atomic mass is 16.5. The molecule has 0 unspecified atom stereocenters. The Hall–Kier alpha value is -2.08. The maximum Gasteiger partial charge on any atom is 0.253 e. The molecule has 0 bridgehead atoms. The molecule has 1 aromatic carbocycles. The monoisotopic (exact) mass is 347 g/mol. The van der Waals surface area contributed by atoms with Crippen LogP contribution in [0, 0.1) is 0 Å². The average Bonchev–Trinajstić information content (AvgIpc) is 2.59. The molecule has 1 aliphatic rings. The van der Waals surface area contributed by atoms with Crippen molar-refractivity contribution < 1.29 is 14.3 Å². The topological polar surface area (TPSA) is 61.9 Å². The fourth-order valence-corrected chi connectivity index (χ4v) is 2.78. The van der Waals surface area contributed by atoms with Crippen LogP contribution < -0.4 is 10.1 Å². The Morgan fingerprint density at radius 3 is 2.32 bits per heavy atom. The van der Waals surface area contributed by atoms with E-state index < -0.39 is 0 Å². The molecule has 1 fully saturated rings. The van der Waals surface area contributed by atoms with Gasteiger partial charge >= 0.3 is 0 Å². The van der Waals surface area contributed by atoms with Gasteiger partial charge in [0.1, 0.15) is 5.75 Å². The van der Waals surface area contributed by atoms with Gasteiger partial charge in [0.25, 0.3) is 5.91 Å². The minimum Gasteiger partial charge on any atom is -0.494 e. The van der Waals surface area contributed by atoms with Crippen LogP contribution in [-0.4, -0.2) is 67.0 Å². The molecule has 0 aromatic heterocycles. The first kappa shape index (κ1) is 19.2. The fourth-order valence-electron chi connectivity index (χ4n) is 2.78. The standard InChI is InChI=1S/C19H29N3O3/c1-4-13-25-17-7-5-16(6-8-17)19(24)22-11-9-21(10-12-22)14-18(23)20-15(2)3/h5-8,15H,4,9-14H2,1-3H3,(H,20,23). The number of piperazine rings is 1. The zero-order valence-electron chi connectivity index (χ0n) is 15.5. The van der Waals surface area contributed by atoms with Gasteiger partial charge in [0, 0.05) is 37.8 Å². The molecule has 1 aromatic rings. The van der Waals surface area contributed by atoms with Gasteiger partial charge in [0.15, 0.2) is 0 Å². The minimum absolute atomic E-state index is 0.0355. The van der Waals surface area contributed by atoms with Gasteiger partial charge in [-0.15, -0.1) is 0 Å². The van der Waals surface area contributed by atoms with Gasteiger partial charge in [-0.3, -0.25) is 14.5 Å². The molecule has 0 spiro atoms. The van der Waals surface area contributed by atoms with E-state index in [9.17, 15) is 9.59 Å². The van der Waals surface area contributed by atoms with Crippen LogP contribution in [0.5, 0.6) is 5.75 Å².